The van der Waals surface area contributed by atoms with Gasteiger partial charge in [-0.15, -0.1) is 0 Å². The third-order valence-electron chi connectivity index (χ3n) is 5.12. The molecule has 180 valence electrons. The van der Waals surface area contributed by atoms with Crippen LogP contribution in [-0.2, 0) is 4.79 Å². The number of benzene rings is 4. The molecule has 0 aromatic heterocycles. The molecule has 2 N–H and O–H groups in total. The number of hydrazone groups is 1. The van der Waals surface area contributed by atoms with E-state index in [0.29, 0.717) is 16.1 Å². The molecule has 0 aliphatic carbocycles. The van der Waals surface area contributed by atoms with Crippen molar-refractivity contribution >= 4 is 58.0 Å². The van der Waals surface area contributed by atoms with Gasteiger partial charge in [-0.05, 0) is 53.2 Å². The zero-order chi connectivity index (χ0) is 25.5. The van der Waals surface area contributed by atoms with Gasteiger partial charge in [0.05, 0.1) is 28.9 Å². The number of nitrogens with zero attached hydrogens (tertiary/aromatic N) is 1. The number of amides is 2. The topological polar surface area (TPSA) is 96.9 Å². The average Bonchev–Trinajstić information content (AvgIpc) is 2.89. The minimum atomic E-state index is -0.567. The van der Waals surface area contributed by atoms with Crippen LogP contribution in [0.1, 0.15) is 26.3 Å². The molecule has 0 spiro atoms. The summed E-state index contributed by atoms with van der Waals surface area (Å²) in [5, 5.41) is 8.94. The van der Waals surface area contributed by atoms with Crippen LogP contribution in [0.25, 0.3) is 10.8 Å². The lowest BCUT2D eigenvalue weighted by Crippen LogP contribution is -2.35. The zero-order valence-electron chi connectivity index (χ0n) is 18.7. The number of nitrogens with one attached hydrogen (secondary N) is 2. The molecule has 0 fully saturated rings. The van der Waals surface area contributed by atoms with Gasteiger partial charge in [0.1, 0.15) is 5.75 Å². The van der Waals surface area contributed by atoms with Crippen molar-refractivity contribution in [3.05, 3.63) is 112 Å². The smallest absolute Gasteiger partial charge is 0.343 e. The molecule has 0 aliphatic heterocycles. The van der Waals surface area contributed by atoms with Gasteiger partial charge in [0.25, 0.3) is 11.8 Å². The van der Waals surface area contributed by atoms with Crippen molar-refractivity contribution < 1.29 is 19.1 Å². The normalized spacial score (nSPS) is 10.8. The van der Waals surface area contributed by atoms with Crippen LogP contribution in [0.2, 0.25) is 10.0 Å². The number of esters is 1. The Hall–Kier alpha value is -4.20. The fraction of sp³-hybridized carbons (Fsp3) is 0.0370. The van der Waals surface area contributed by atoms with Crippen LogP contribution in [0.15, 0.2) is 90.0 Å². The van der Waals surface area contributed by atoms with Gasteiger partial charge in [-0.25, -0.2) is 10.2 Å². The zero-order valence-corrected chi connectivity index (χ0v) is 20.2. The van der Waals surface area contributed by atoms with E-state index < -0.39 is 17.8 Å². The van der Waals surface area contributed by atoms with Crippen molar-refractivity contribution in [2.45, 2.75) is 0 Å². The Bertz CT molecular complexity index is 1470. The van der Waals surface area contributed by atoms with Crippen LogP contribution >= 0.6 is 23.2 Å². The summed E-state index contributed by atoms with van der Waals surface area (Å²) in [7, 11) is 0. The lowest BCUT2D eigenvalue weighted by atomic mass is 10.0. The van der Waals surface area contributed by atoms with Gasteiger partial charge in [0.15, 0.2) is 0 Å². The van der Waals surface area contributed by atoms with Crippen LogP contribution in [-0.4, -0.2) is 30.5 Å². The fourth-order valence-electron chi connectivity index (χ4n) is 3.35. The first kappa shape index (κ1) is 24.9. The quantitative estimate of drug-likeness (QED) is 0.151. The van der Waals surface area contributed by atoms with Crippen molar-refractivity contribution in [3.8, 4) is 5.75 Å². The molecule has 9 heteroatoms. The van der Waals surface area contributed by atoms with Gasteiger partial charge in [-0.2, -0.15) is 5.10 Å². The lowest BCUT2D eigenvalue weighted by molar-refractivity contribution is -0.120. The van der Waals surface area contributed by atoms with Crippen LogP contribution in [0.3, 0.4) is 0 Å². The highest BCUT2D eigenvalue weighted by molar-refractivity contribution is 6.33. The van der Waals surface area contributed by atoms with Crippen molar-refractivity contribution in [3.63, 3.8) is 0 Å². The largest absolute Gasteiger partial charge is 0.422 e. The Morgan fingerprint density at radius 3 is 2.36 bits per heavy atom. The summed E-state index contributed by atoms with van der Waals surface area (Å²) in [4.78, 5) is 37.1. The van der Waals surface area contributed by atoms with E-state index in [1.807, 2.05) is 30.3 Å². The molecule has 0 saturated heterocycles. The van der Waals surface area contributed by atoms with Gasteiger partial charge in [0.2, 0.25) is 0 Å². The van der Waals surface area contributed by atoms with Crippen molar-refractivity contribution in [2.24, 2.45) is 5.10 Å². The molecule has 0 saturated carbocycles. The van der Waals surface area contributed by atoms with Crippen molar-refractivity contribution in [1.29, 1.82) is 0 Å². The van der Waals surface area contributed by atoms with E-state index in [-0.39, 0.29) is 22.9 Å². The van der Waals surface area contributed by atoms with E-state index in [1.165, 1.54) is 6.21 Å². The second-order valence-electron chi connectivity index (χ2n) is 7.55. The summed E-state index contributed by atoms with van der Waals surface area (Å²) in [5.74, 6) is -1.33. The molecule has 4 aromatic carbocycles. The Morgan fingerprint density at radius 2 is 1.58 bits per heavy atom. The standard InChI is InChI=1S/C27H19Cl2N3O4/c28-19-12-9-18(10-13-19)27(35)36-24-14-11-17-5-1-2-6-20(17)22(24)15-31-32-25(33)16-30-26(34)21-7-3-4-8-23(21)29/h1-15H,16H2,(H,30,34)(H,32,33)/b31-15+. The molecule has 0 radical (unpaired) electrons. The molecule has 4 aromatic rings. The number of carbonyl (C=O) groups excluding carboxylic acids is 3. The van der Waals surface area contributed by atoms with Gasteiger partial charge >= 0.3 is 5.97 Å². The monoisotopic (exact) mass is 519 g/mol. The van der Waals surface area contributed by atoms with E-state index >= 15 is 0 Å². The number of fused-ring (bicyclic) bond motifs is 1. The first-order chi connectivity index (χ1) is 17.4. The number of rotatable bonds is 7. The lowest BCUT2D eigenvalue weighted by Gasteiger charge is -2.11. The SMILES string of the molecule is O=C(CNC(=O)c1ccccc1Cl)N/N=C/c1c(OC(=O)c2ccc(Cl)cc2)ccc2ccccc12. The van der Waals surface area contributed by atoms with Crippen molar-refractivity contribution in [2.75, 3.05) is 6.54 Å². The maximum atomic E-state index is 12.7. The molecule has 0 bridgehead atoms. The van der Waals surface area contributed by atoms with E-state index in [9.17, 15) is 14.4 Å². The van der Waals surface area contributed by atoms with Gasteiger partial charge in [-0.3, -0.25) is 9.59 Å². The van der Waals surface area contributed by atoms with Crippen molar-refractivity contribution in [1.82, 2.24) is 10.7 Å². The Labute approximate surface area is 216 Å². The maximum absolute atomic E-state index is 12.7. The van der Waals surface area contributed by atoms with Crippen LogP contribution in [0.4, 0.5) is 0 Å². The number of halogens is 2. The van der Waals surface area contributed by atoms with Crippen LogP contribution < -0.4 is 15.5 Å². The predicted molar refractivity (Wildman–Crippen MR) is 140 cm³/mol. The summed E-state index contributed by atoms with van der Waals surface area (Å²) in [6.45, 7) is -0.310. The van der Waals surface area contributed by atoms with E-state index in [4.69, 9.17) is 27.9 Å². The minimum absolute atomic E-state index is 0.262. The third kappa shape index (κ3) is 6.07. The molecule has 4 rings (SSSR count). The van der Waals surface area contributed by atoms with E-state index in [2.05, 4.69) is 15.8 Å². The Balaban J connectivity index is 1.47. The van der Waals surface area contributed by atoms with Gasteiger partial charge < -0.3 is 10.1 Å². The fourth-order valence-corrected chi connectivity index (χ4v) is 3.70. The van der Waals surface area contributed by atoms with E-state index in [1.54, 1.807) is 54.6 Å². The van der Waals surface area contributed by atoms with Gasteiger partial charge in [0, 0.05) is 10.6 Å². The summed E-state index contributed by atoms with van der Waals surface area (Å²) >= 11 is 11.9. The molecule has 7 nitrogen and oxygen atoms in total. The summed E-state index contributed by atoms with van der Waals surface area (Å²) in [6, 6.07) is 23.8. The summed E-state index contributed by atoms with van der Waals surface area (Å²) in [6.07, 6.45) is 1.39. The molecular formula is C27H19Cl2N3O4. The Kier molecular flexibility index (Phi) is 7.95. The molecule has 0 aliphatic rings. The second kappa shape index (κ2) is 11.5. The summed E-state index contributed by atoms with van der Waals surface area (Å²) < 4.78 is 5.62. The molecule has 0 unspecified atom stereocenters. The average molecular weight is 520 g/mol. The molecule has 2 amide bonds. The predicted octanol–water partition coefficient (Wildman–Crippen LogP) is 5.25. The second-order valence-corrected chi connectivity index (χ2v) is 8.39. The number of hydrogen-bond acceptors (Lipinski definition) is 5. The van der Waals surface area contributed by atoms with Crippen LogP contribution in [0.5, 0.6) is 5.75 Å². The van der Waals surface area contributed by atoms with E-state index in [0.717, 1.165) is 10.8 Å². The molecule has 0 atom stereocenters. The first-order valence-corrected chi connectivity index (χ1v) is 11.5. The maximum Gasteiger partial charge on any atom is 0.343 e. The molecular weight excluding hydrogens is 501 g/mol. The highest BCUT2D eigenvalue weighted by Crippen LogP contribution is 2.27. The van der Waals surface area contributed by atoms with Crippen LogP contribution in [0, 0.1) is 0 Å². The molecule has 0 heterocycles. The first-order valence-electron chi connectivity index (χ1n) is 10.8. The number of ether oxygens (including phenoxy) is 1. The number of hydrogen-bond donors (Lipinski definition) is 2. The highest BCUT2D eigenvalue weighted by Gasteiger charge is 2.14. The molecule has 36 heavy (non-hydrogen) atoms. The highest BCUT2D eigenvalue weighted by atomic mass is 35.5. The summed E-state index contributed by atoms with van der Waals surface area (Å²) in [5.41, 5.74) is 3.45. The Morgan fingerprint density at radius 1 is 0.861 bits per heavy atom. The third-order valence-corrected chi connectivity index (χ3v) is 5.71. The number of carbonyl (C=O) groups is 3. The van der Waals surface area contributed by atoms with Gasteiger partial charge in [-0.1, -0.05) is 65.7 Å². The minimum Gasteiger partial charge on any atom is -0.422 e.